The fourth-order valence-corrected chi connectivity index (χ4v) is 3.64. The zero-order valence-corrected chi connectivity index (χ0v) is 18.9. The molecule has 0 unspecified atom stereocenters. The lowest BCUT2D eigenvalue weighted by molar-refractivity contribution is -0.131. The zero-order chi connectivity index (χ0) is 22.7. The maximum atomic E-state index is 13.3. The predicted molar refractivity (Wildman–Crippen MR) is 121 cm³/mol. The van der Waals surface area contributed by atoms with Crippen LogP contribution in [0.3, 0.4) is 0 Å². The average Bonchev–Trinajstić information content (AvgIpc) is 3.11. The molecule has 0 atom stereocenters. The van der Waals surface area contributed by atoms with Crippen LogP contribution in [0.4, 0.5) is 0 Å². The Bertz CT molecular complexity index is 1170. The number of hydrogen-bond donors (Lipinski definition) is 0. The molecule has 3 rings (SSSR count). The lowest BCUT2D eigenvalue weighted by Gasteiger charge is -2.19. The predicted octanol–water partition coefficient (Wildman–Crippen LogP) is 2.33. The van der Waals surface area contributed by atoms with E-state index in [1.807, 2.05) is 44.2 Å². The number of rotatable bonds is 8. The molecule has 31 heavy (non-hydrogen) atoms. The molecule has 0 saturated heterocycles. The van der Waals surface area contributed by atoms with E-state index in [-0.39, 0.29) is 18.4 Å². The van der Waals surface area contributed by atoms with E-state index >= 15 is 0 Å². The first kappa shape index (κ1) is 22.5. The summed E-state index contributed by atoms with van der Waals surface area (Å²) in [6.45, 7) is 9.22. The number of nitrogens with zero attached hydrogens (tertiary/aromatic N) is 5. The highest BCUT2D eigenvalue weighted by molar-refractivity contribution is 5.76. The molecule has 0 spiro atoms. The first-order valence-corrected chi connectivity index (χ1v) is 10.6. The van der Waals surface area contributed by atoms with Crippen molar-refractivity contribution in [2.24, 2.45) is 11.8 Å². The largest absolute Gasteiger partial charge is 0.340 e. The third kappa shape index (κ3) is 4.95. The highest BCUT2D eigenvalue weighted by atomic mass is 16.2. The zero-order valence-electron chi connectivity index (χ0n) is 18.9. The summed E-state index contributed by atoms with van der Waals surface area (Å²) in [5.74, 6) is 0.182. The van der Waals surface area contributed by atoms with Gasteiger partial charge in [0.2, 0.25) is 5.91 Å². The second-order valence-electron chi connectivity index (χ2n) is 8.88. The van der Waals surface area contributed by atoms with Crippen LogP contribution >= 0.6 is 0 Å². The van der Waals surface area contributed by atoms with E-state index in [0.717, 1.165) is 10.1 Å². The molecule has 3 aromatic rings. The van der Waals surface area contributed by atoms with E-state index in [2.05, 4.69) is 18.8 Å². The maximum absolute atomic E-state index is 13.3. The number of fused-ring (bicyclic) bond motifs is 1. The number of benzene rings is 1. The third-order valence-corrected chi connectivity index (χ3v) is 5.07. The van der Waals surface area contributed by atoms with Gasteiger partial charge >= 0.3 is 5.69 Å². The second kappa shape index (κ2) is 9.32. The van der Waals surface area contributed by atoms with Crippen LogP contribution in [0, 0.1) is 11.8 Å². The maximum Gasteiger partial charge on any atom is 0.333 e. The van der Waals surface area contributed by atoms with Crippen molar-refractivity contribution in [3.8, 4) is 0 Å². The van der Waals surface area contributed by atoms with Gasteiger partial charge in [-0.2, -0.15) is 0 Å². The van der Waals surface area contributed by atoms with E-state index < -0.39 is 11.2 Å². The minimum absolute atomic E-state index is 0.179. The topological polar surface area (TPSA) is 82.1 Å². The summed E-state index contributed by atoms with van der Waals surface area (Å²) >= 11 is 0. The van der Waals surface area contributed by atoms with Crippen LogP contribution in [-0.2, 0) is 31.0 Å². The SMILES string of the molecule is CC(C)Cn1cnc2c1c(=O)n(CC(=O)N(C)Cc1ccccc1)c(=O)n2CC(C)C. The molecule has 166 valence electrons. The first-order chi connectivity index (χ1) is 14.7. The lowest BCUT2D eigenvalue weighted by atomic mass is 10.2. The summed E-state index contributed by atoms with van der Waals surface area (Å²) < 4.78 is 4.35. The standard InChI is InChI=1S/C23H31N5O3/c1-16(2)11-26-15-24-21-20(26)22(30)28(23(31)27(21)12-17(3)4)14-19(29)25(5)13-18-9-7-6-8-10-18/h6-10,15-17H,11-14H2,1-5H3. The highest BCUT2D eigenvalue weighted by Gasteiger charge is 2.21. The third-order valence-electron chi connectivity index (χ3n) is 5.07. The first-order valence-electron chi connectivity index (χ1n) is 10.6. The Morgan fingerprint density at radius 3 is 2.26 bits per heavy atom. The summed E-state index contributed by atoms with van der Waals surface area (Å²) in [5, 5.41) is 0. The molecule has 0 N–H and O–H groups in total. The minimum Gasteiger partial charge on any atom is -0.340 e. The van der Waals surface area contributed by atoms with Gasteiger partial charge in [-0.1, -0.05) is 58.0 Å². The molecule has 1 aromatic carbocycles. The van der Waals surface area contributed by atoms with Crippen LogP contribution in [0.2, 0.25) is 0 Å². The quantitative estimate of drug-likeness (QED) is 0.555. The van der Waals surface area contributed by atoms with Gasteiger partial charge in [-0.15, -0.1) is 0 Å². The number of imidazole rings is 1. The molecule has 8 nitrogen and oxygen atoms in total. The molecule has 0 radical (unpaired) electrons. The molecule has 2 heterocycles. The molecule has 0 fully saturated rings. The Hall–Kier alpha value is -3.16. The van der Waals surface area contributed by atoms with Gasteiger partial charge in [0.05, 0.1) is 6.33 Å². The number of carbonyl (C=O) groups excluding carboxylic acids is 1. The Balaban J connectivity index is 2.03. The number of likely N-dealkylation sites (N-methyl/N-ethyl adjacent to an activating group) is 1. The number of aromatic nitrogens is 4. The van der Waals surface area contributed by atoms with Gasteiger partial charge in [-0.3, -0.25) is 14.2 Å². The number of hydrogen-bond acceptors (Lipinski definition) is 4. The molecule has 0 saturated carbocycles. The average molecular weight is 426 g/mol. The van der Waals surface area contributed by atoms with Crippen molar-refractivity contribution in [1.82, 2.24) is 23.6 Å². The van der Waals surface area contributed by atoms with E-state index in [4.69, 9.17) is 0 Å². The normalized spacial score (nSPS) is 11.6. The van der Waals surface area contributed by atoms with Gasteiger partial charge in [0.15, 0.2) is 11.2 Å². The van der Waals surface area contributed by atoms with Crippen molar-refractivity contribution in [3.05, 3.63) is 63.1 Å². The summed E-state index contributed by atoms with van der Waals surface area (Å²) in [6, 6.07) is 9.60. The van der Waals surface area contributed by atoms with Gasteiger partial charge in [0, 0.05) is 26.7 Å². The van der Waals surface area contributed by atoms with Crippen LogP contribution in [0.25, 0.3) is 11.2 Å². The Morgan fingerprint density at radius 1 is 1.00 bits per heavy atom. The van der Waals surface area contributed by atoms with Crippen molar-refractivity contribution in [2.75, 3.05) is 7.05 Å². The van der Waals surface area contributed by atoms with Crippen molar-refractivity contribution >= 4 is 17.1 Å². The summed E-state index contributed by atoms with van der Waals surface area (Å²) in [6.07, 6.45) is 1.61. The monoisotopic (exact) mass is 425 g/mol. The molecule has 0 aliphatic heterocycles. The van der Waals surface area contributed by atoms with Crippen LogP contribution in [0.15, 0.2) is 46.2 Å². The molecule has 2 aromatic heterocycles. The summed E-state index contributed by atoms with van der Waals surface area (Å²) in [4.78, 5) is 45.3. The number of amides is 1. The van der Waals surface area contributed by atoms with E-state index in [9.17, 15) is 14.4 Å². The Labute approximate surface area is 181 Å². The van der Waals surface area contributed by atoms with E-state index in [1.54, 1.807) is 17.9 Å². The summed E-state index contributed by atoms with van der Waals surface area (Å²) in [5.41, 5.74) is 0.758. The van der Waals surface area contributed by atoms with Crippen LogP contribution in [-0.4, -0.2) is 36.5 Å². The van der Waals surface area contributed by atoms with Crippen molar-refractivity contribution in [2.45, 2.75) is 53.9 Å². The van der Waals surface area contributed by atoms with Gasteiger partial charge in [-0.05, 0) is 17.4 Å². The smallest absolute Gasteiger partial charge is 0.333 e. The molecule has 0 aliphatic carbocycles. The minimum atomic E-state index is -0.498. The molecule has 0 bridgehead atoms. The van der Waals surface area contributed by atoms with Crippen LogP contribution in [0.1, 0.15) is 33.3 Å². The highest BCUT2D eigenvalue weighted by Crippen LogP contribution is 2.11. The molecular formula is C23H31N5O3. The molecule has 0 aliphatic rings. The van der Waals surface area contributed by atoms with Crippen molar-refractivity contribution in [3.63, 3.8) is 0 Å². The Kier molecular flexibility index (Phi) is 6.77. The van der Waals surface area contributed by atoms with Gasteiger partial charge in [0.25, 0.3) is 5.56 Å². The fraction of sp³-hybridized carbons (Fsp3) is 0.478. The molecular weight excluding hydrogens is 394 g/mol. The molecule has 1 amide bonds. The van der Waals surface area contributed by atoms with Gasteiger partial charge < -0.3 is 9.47 Å². The lowest BCUT2D eigenvalue weighted by Crippen LogP contribution is -2.45. The summed E-state index contributed by atoms with van der Waals surface area (Å²) in [7, 11) is 1.68. The van der Waals surface area contributed by atoms with Gasteiger partial charge in [-0.25, -0.2) is 14.3 Å². The van der Waals surface area contributed by atoms with Crippen molar-refractivity contribution in [1.29, 1.82) is 0 Å². The van der Waals surface area contributed by atoms with E-state index in [1.165, 1.54) is 9.47 Å². The Morgan fingerprint density at radius 2 is 1.65 bits per heavy atom. The van der Waals surface area contributed by atoms with Crippen molar-refractivity contribution < 1.29 is 4.79 Å². The number of carbonyl (C=O) groups is 1. The van der Waals surface area contributed by atoms with E-state index in [0.29, 0.717) is 36.7 Å². The molecule has 8 heteroatoms. The van der Waals surface area contributed by atoms with Gasteiger partial charge in [0.1, 0.15) is 6.54 Å². The van der Waals surface area contributed by atoms with Crippen LogP contribution in [0.5, 0.6) is 0 Å². The second-order valence-corrected chi connectivity index (χ2v) is 8.88. The van der Waals surface area contributed by atoms with Crippen LogP contribution < -0.4 is 11.2 Å². The fourth-order valence-electron chi connectivity index (χ4n) is 3.64.